The van der Waals surface area contributed by atoms with Gasteiger partial charge >= 0.3 is 46.4 Å². The molecular weight excluding hydrogens is 552 g/mol. The molecule has 0 aromatic heterocycles. The van der Waals surface area contributed by atoms with Gasteiger partial charge in [0.05, 0.1) is 18.5 Å². The Hall–Kier alpha value is -1.54. The van der Waals surface area contributed by atoms with Crippen LogP contribution in [0.25, 0.3) is 0 Å². The number of carbonyl (C=O) groups is 1. The lowest BCUT2D eigenvalue weighted by atomic mass is 10.2. The van der Waals surface area contributed by atoms with Crippen molar-refractivity contribution in [1.82, 2.24) is 0 Å². The number of halogens is 12. The van der Waals surface area contributed by atoms with Crippen molar-refractivity contribution in [3.05, 3.63) is 0 Å². The molecule has 0 amide bonds. The Labute approximate surface area is 188 Å². The Morgan fingerprint density at radius 3 is 1.97 bits per heavy atom. The van der Waals surface area contributed by atoms with Crippen LogP contribution in [0.1, 0.15) is 26.2 Å². The highest BCUT2D eigenvalue weighted by Crippen LogP contribution is 2.51. The highest BCUT2D eigenvalue weighted by Gasteiger charge is 2.80. The van der Waals surface area contributed by atoms with Gasteiger partial charge in [0.25, 0.3) is 0 Å². The van der Waals surface area contributed by atoms with Crippen molar-refractivity contribution >= 4 is 16.2 Å². The molecule has 3 unspecified atom stereocenters. The van der Waals surface area contributed by atoms with Gasteiger partial charge in [0.2, 0.25) is 5.79 Å². The van der Waals surface area contributed by atoms with E-state index in [1.807, 2.05) is 0 Å². The standard InChI is InChI=1S/C15H16F12O7S/c1-10(32-6-8(33-10)4-2-3-5-35(27,29)30)7-31-9(28)11(16,13(19,20)21)34-15(25,26)12(17,18)14(22,23)24/h8H,2-7H2,1H3. The first-order valence-corrected chi connectivity index (χ1v) is 10.6. The molecule has 1 rings (SSSR count). The molecule has 0 radical (unpaired) electrons. The average molecular weight is 568 g/mol. The van der Waals surface area contributed by atoms with Gasteiger partial charge in [0.1, 0.15) is 6.61 Å². The lowest BCUT2D eigenvalue weighted by Crippen LogP contribution is -2.62. The third-order valence-electron chi connectivity index (χ3n) is 4.24. The zero-order valence-electron chi connectivity index (χ0n) is 17.1. The second-order valence-corrected chi connectivity index (χ2v) is 8.77. The highest BCUT2D eigenvalue weighted by atomic mass is 32.3. The van der Waals surface area contributed by atoms with Crippen molar-refractivity contribution in [1.29, 1.82) is 0 Å². The topological polar surface area (TPSA) is 88.1 Å². The third-order valence-corrected chi connectivity index (χ3v) is 5.01. The molecule has 3 atom stereocenters. The normalized spacial score (nSPS) is 24.3. The van der Waals surface area contributed by atoms with Gasteiger partial charge in [-0.05, 0) is 26.2 Å². The molecule has 0 saturated carbocycles. The molecule has 0 spiro atoms. The van der Waals surface area contributed by atoms with E-state index in [4.69, 9.17) is 9.47 Å². The van der Waals surface area contributed by atoms with Crippen molar-refractivity contribution in [2.24, 2.45) is 0 Å². The van der Waals surface area contributed by atoms with Crippen LogP contribution in [-0.2, 0) is 34.0 Å². The summed E-state index contributed by atoms with van der Waals surface area (Å²) in [4.78, 5) is 11.5. The maximum absolute atomic E-state index is 14.1. The molecule has 0 aromatic carbocycles. The molecule has 0 aromatic rings. The van der Waals surface area contributed by atoms with Crippen LogP contribution < -0.4 is 0 Å². The first-order chi connectivity index (χ1) is 15.4. The van der Waals surface area contributed by atoms with E-state index in [0.29, 0.717) is 0 Å². The minimum absolute atomic E-state index is 0.0173. The second-order valence-electron chi connectivity index (χ2n) is 7.28. The van der Waals surface area contributed by atoms with E-state index in [1.165, 1.54) is 0 Å². The fourth-order valence-electron chi connectivity index (χ4n) is 2.46. The zero-order valence-corrected chi connectivity index (χ0v) is 17.9. The lowest BCUT2D eigenvalue weighted by molar-refractivity contribution is -0.475. The summed E-state index contributed by atoms with van der Waals surface area (Å²) < 4.78 is 190. The van der Waals surface area contributed by atoms with Gasteiger partial charge in [0.15, 0.2) is 0 Å². The van der Waals surface area contributed by atoms with E-state index in [0.717, 1.165) is 6.92 Å². The van der Waals surface area contributed by atoms with Gasteiger partial charge in [-0.1, -0.05) is 0 Å². The Balaban J connectivity index is 2.87. The van der Waals surface area contributed by atoms with Crippen LogP contribution in [0.5, 0.6) is 0 Å². The Morgan fingerprint density at radius 2 is 1.51 bits per heavy atom. The van der Waals surface area contributed by atoms with E-state index in [2.05, 4.69) is 9.47 Å². The van der Waals surface area contributed by atoms with Gasteiger partial charge in [-0.2, -0.15) is 56.7 Å². The Morgan fingerprint density at radius 1 is 0.971 bits per heavy atom. The van der Waals surface area contributed by atoms with E-state index >= 15 is 0 Å². The van der Waals surface area contributed by atoms with Crippen molar-refractivity contribution in [2.75, 3.05) is 19.0 Å². The average Bonchev–Trinajstić information content (AvgIpc) is 3.01. The van der Waals surface area contributed by atoms with E-state index in [-0.39, 0.29) is 25.9 Å². The molecule has 0 aliphatic carbocycles. The Kier molecular flexibility index (Phi) is 9.07. The first kappa shape index (κ1) is 31.5. The number of esters is 1. The summed E-state index contributed by atoms with van der Waals surface area (Å²) in [7, 11) is -4.75. The molecular formula is C15H16F12O7S. The molecule has 1 aliphatic heterocycles. The number of unbranched alkanes of at least 4 members (excludes halogenated alkanes) is 1. The predicted molar refractivity (Wildman–Crippen MR) is 85.9 cm³/mol. The van der Waals surface area contributed by atoms with Crippen molar-refractivity contribution in [3.63, 3.8) is 0 Å². The molecule has 0 bridgehead atoms. The molecule has 1 saturated heterocycles. The van der Waals surface area contributed by atoms with Gasteiger partial charge in [-0.15, -0.1) is 3.89 Å². The minimum Gasteiger partial charge on any atom is -0.455 e. The predicted octanol–water partition coefficient (Wildman–Crippen LogP) is 4.17. The third kappa shape index (κ3) is 7.72. The summed E-state index contributed by atoms with van der Waals surface area (Å²) in [6.07, 6.45) is -22.4. The molecule has 1 heterocycles. The molecule has 0 N–H and O–H groups in total. The fourth-order valence-corrected chi connectivity index (χ4v) is 3.01. The van der Waals surface area contributed by atoms with E-state index < -0.39 is 70.7 Å². The summed E-state index contributed by atoms with van der Waals surface area (Å²) in [6.45, 7) is -0.997. The van der Waals surface area contributed by atoms with Gasteiger partial charge in [-0.3, -0.25) is 4.74 Å². The fraction of sp³-hybridized carbons (Fsp3) is 0.933. The van der Waals surface area contributed by atoms with Crippen LogP contribution in [0.15, 0.2) is 0 Å². The number of ether oxygens (including phenoxy) is 4. The van der Waals surface area contributed by atoms with Crippen LogP contribution in [0.4, 0.5) is 52.2 Å². The molecule has 208 valence electrons. The monoisotopic (exact) mass is 568 g/mol. The Bertz CT molecular complexity index is 859. The second kappa shape index (κ2) is 10.1. The van der Waals surface area contributed by atoms with Crippen LogP contribution in [-0.4, -0.2) is 75.5 Å². The number of hydrogen-bond acceptors (Lipinski definition) is 7. The summed E-state index contributed by atoms with van der Waals surface area (Å²) in [6, 6.07) is 0. The van der Waals surface area contributed by atoms with Crippen molar-refractivity contribution in [2.45, 2.75) is 68.3 Å². The van der Waals surface area contributed by atoms with Gasteiger partial charge < -0.3 is 14.2 Å². The smallest absolute Gasteiger partial charge is 0.455 e. The maximum Gasteiger partial charge on any atom is 0.462 e. The summed E-state index contributed by atoms with van der Waals surface area (Å²) in [5.41, 5.74) is 0. The highest BCUT2D eigenvalue weighted by molar-refractivity contribution is 7.86. The molecule has 20 heteroatoms. The number of rotatable bonds is 11. The van der Waals surface area contributed by atoms with Crippen molar-refractivity contribution < 1.29 is 84.3 Å². The number of hydrogen-bond donors (Lipinski definition) is 0. The number of alkyl halides is 11. The summed E-state index contributed by atoms with van der Waals surface area (Å²) >= 11 is 0. The molecule has 1 aliphatic rings. The lowest BCUT2D eigenvalue weighted by Gasteiger charge is -2.34. The quantitative estimate of drug-likeness (QED) is 0.160. The molecule has 35 heavy (non-hydrogen) atoms. The van der Waals surface area contributed by atoms with Gasteiger partial charge in [-0.25, -0.2) is 4.79 Å². The molecule has 7 nitrogen and oxygen atoms in total. The van der Waals surface area contributed by atoms with Crippen LogP contribution in [0.2, 0.25) is 0 Å². The van der Waals surface area contributed by atoms with E-state index in [1.54, 1.807) is 0 Å². The first-order valence-electron chi connectivity index (χ1n) is 9.06. The number of carbonyl (C=O) groups excluding carboxylic acids is 1. The minimum atomic E-state index is -7.35. The summed E-state index contributed by atoms with van der Waals surface area (Å²) in [5.74, 6) is -20.3. The maximum atomic E-state index is 14.1. The largest absolute Gasteiger partial charge is 0.462 e. The van der Waals surface area contributed by atoms with Crippen LogP contribution in [0, 0.1) is 0 Å². The van der Waals surface area contributed by atoms with Crippen LogP contribution >= 0.6 is 0 Å². The summed E-state index contributed by atoms with van der Waals surface area (Å²) in [5, 5.41) is 0. The van der Waals surface area contributed by atoms with E-state index in [9.17, 15) is 65.4 Å². The SMILES string of the molecule is CC1(COC(=O)C(F)(OC(F)(F)C(F)(F)C(F)(F)F)C(F)(F)F)OCC(CCCCS(=O)(=O)F)O1. The zero-order chi connectivity index (χ0) is 27.7. The van der Waals surface area contributed by atoms with Gasteiger partial charge in [0, 0.05) is 0 Å². The molecule has 1 fully saturated rings. The van der Waals surface area contributed by atoms with Crippen LogP contribution in [0.3, 0.4) is 0 Å². The van der Waals surface area contributed by atoms with Crippen molar-refractivity contribution in [3.8, 4) is 0 Å².